The van der Waals surface area contributed by atoms with E-state index < -0.39 is 0 Å². The highest BCUT2D eigenvalue weighted by atomic mass is 16.5. The highest BCUT2D eigenvalue weighted by molar-refractivity contribution is 5.63. The van der Waals surface area contributed by atoms with Gasteiger partial charge < -0.3 is 4.74 Å². The molecule has 2 aromatic rings. The first-order valence-electron chi connectivity index (χ1n) is 11.4. The van der Waals surface area contributed by atoms with Crippen LogP contribution in [0.5, 0.6) is 5.75 Å². The monoisotopic (exact) mass is 381 g/mol. The lowest BCUT2D eigenvalue weighted by Crippen LogP contribution is -2.06. The Morgan fingerprint density at radius 2 is 1.43 bits per heavy atom. The molecule has 1 unspecified atom stereocenters. The molecule has 1 atom stereocenters. The van der Waals surface area contributed by atoms with Gasteiger partial charge in [-0.25, -0.2) is 0 Å². The van der Waals surface area contributed by atoms with E-state index in [1.807, 2.05) is 6.20 Å². The van der Waals surface area contributed by atoms with Crippen molar-refractivity contribution in [3.05, 3.63) is 48.3 Å². The predicted molar refractivity (Wildman–Crippen MR) is 121 cm³/mol. The fourth-order valence-electron chi connectivity index (χ4n) is 3.28. The van der Waals surface area contributed by atoms with Gasteiger partial charge in [0.25, 0.3) is 0 Å². The summed E-state index contributed by atoms with van der Waals surface area (Å²) in [5, 5.41) is 0. The van der Waals surface area contributed by atoms with Gasteiger partial charge in [0, 0.05) is 17.5 Å². The van der Waals surface area contributed by atoms with Gasteiger partial charge in [0.15, 0.2) is 0 Å². The number of unbranched alkanes of at least 4 members (excludes halogenated alkanes) is 7. The molecule has 0 amide bonds. The Kier molecular flexibility index (Phi) is 10.7. The molecule has 2 nitrogen and oxygen atoms in total. The molecule has 154 valence electrons. The fraction of sp³-hybridized carbons (Fsp3) is 0.577. The Balaban J connectivity index is 1.71. The zero-order valence-electron chi connectivity index (χ0n) is 18.3. The maximum atomic E-state index is 5.84. The van der Waals surface area contributed by atoms with Gasteiger partial charge in [-0.3, -0.25) is 4.98 Å². The third kappa shape index (κ3) is 8.46. The highest BCUT2D eigenvalue weighted by Crippen LogP contribution is 2.23. The van der Waals surface area contributed by atoms with E-state index in [0.29, 0.717) is 5.92 Å². The van der Waals surface area contributed by atoms with E-state index in [1.165, 1.54) is 68.2 Å². The van der Waals surface area contributed by atoms with Gasteiger partial charge in [-0.2, -0.15) is 0 Å². The SMILES string of the molecule is CCCCCCCCCCc1ccc(-c2ccc(OCC(C)CC)cc2)cn1. The van der Waals surface area contributed by atoms with Gasteiger partial charge in [0.05, 0.1) is 6.61 Å². The number of aromatic nitrogens is 1. The van der Waals surface area contributed by atoms with Crippen molar-refractivity contribution in [2.45, 2.75) is 85.0 Å². The second-order valence-electron chi connectivity index (χ2n) is 8.11. The van der Waals surface area contributed by atoms with Crippen molar-refractivity contribution in [3.63, 3.8) is 0 Å². The van der Waals surface area contributed by atoms with Crippen molar-refractivity contribution in [1.29, 1.82) is 0 Å². The van der Waals surface area contributed by atoms with E-state index in [-0.39, 0.29) is 0 Å². The first kappa shape index (κ1) is 22.5. The van der Waals surface area contributed by atoms with Crippen molar-refractivity contribution in [1.82, 2.24) is 4.98 Å². The zero-order valence-corrected chi connectivity index (χ0v) is 18.3. The number of ether oxygens (including phenoxy) is 1. The molecule has 0 aliphatic carbocycles. The minimum atomic E-state index is 0.595. The normalized spacial score (nSPS) is 12.1. The molecular formula is C26H39NO. The predicted octanol–water partition coefficient (Wildman–Crippen LogP) is 7.86. The highest BCUT2D eigenvalue weighted by Gasteiger charge is 2.03. The van der Waals surface area contributed by atoms with Crippen molar-refractivity contribution < 1.29 is 4.74 Å². The number of benzene rings is 1. The van der Waals surface area contributed by atoms with Crippen LogP contribution in [0.3, 0.4) is 0 Å². The summed E-state index contributed by atoms with van der Waals surface area (Å²) in [4.78, 5) is 4.68. The summed E-state index contributed by atoms with van der Waals surface area (Å²) < 4.78 is 5.84. The summed E-state index contributed by atoms with van der Waals surface area (Å²) in [6.45, 7) is 7.47. The topological polar surface area (TPSA) is 22.1 Å². The Hall–Kier alpha value is -1.83. The second kappa shape index (κ2) is 13.4. The number of hydrogen-bond donors (Lipinski definition) is 0. The van der Waals surface area contributed by atoms with E-state index in [1.54, 1.807) is 0 Å². The molecule has 0 radical (unpaired) electrons. The summed E-state index contributed by atoms with van der Waals surface area (Å²) >= 11 is 0. The maximum absolute atomic E-state index is 5.84. The summed E-state index contributed by atoms with van der Waals surface area (Å²) in [7, 11) is 0. The van der Waals surface area contributed by atoms with Gasteiger partial charge in [-0.15, -0.1) is 0 Å². The van der Waals surface area contributed by atoms with Crippen molar-refractivity contribution in [2.24, 2.45) is 5.92 Å². The summed E-state index contributed by atoms with van der Waals surface area (Å²) in [5.41, 5.74) is 3.58. The van der Waals surface area contributed by atoms with Crippen LogP contribution in [0.15, 0.2) is 42.6 Å². The lowest BCUT2D eigenvalue weighted by Gasteiger charge is -2.11. The van der Waals surface area contributed by atoms with Crippen LogP contribution in [-0.4, -0.2) is 11.6 Å². The molecule has 28 heavy (non-hydrogen) atoms. The van der Waals surface area contributed by atoms with Crippen LogP contribution in [0.1, 0.15) is 84.3 Å². The minimum Gasteiger partial charge on any atom is -0.493 e. The first-order valence-corrected chi connectivity index (χ1v) is 11.4. The van der Waals surface area contributed by atoms with Crippen LogP contribution in [-0.2, 0) is 6.42 Å². The van der Waals surface area contributed by atoms with Crippen LogP contribution >= 0.6 is 0 Å². The number of pyridine rings is 1. The standard InChI is InChI=1S/C26H39NO/c1-4-6-7-8-9-10-11-12-13-25-17-14-24(20-27-25)23-15-18-26(19-16-23)28-21-22(3)5-2/h14-20,22H,4-13,21H2,1-3H3. The molecule has 1 aromatic heterocycles. The fourth-order valence-corrected chi connectivity index (χ4v) is 3.28. The molecule has 2 rings (SSSR count). The van der Waals surface area contributed by atoms with Gasteiger partial charge >= 0.3 is 0 Å². The van der Waals surface area contributed by atoms with Gasteiger partial charge in [-0.05, 0) is 42.5 Å². The first-order chi connectivity index (χ1) is 13.7. The maximum Gasteiger partial charge on any atom is 0.119 e. The second-order valence-corrected chi connectivity index (χ2v) is 8.11. The zero-order chi connectivity index (χ0) is 20.0. The molecule has 0 fully saturated rings. The molecule has 1 aromatic carbocycles. The lowest BCUT2D eigenvalue weighted by molar-refractivity contribution is 0.256. The van der Waals surface area contributed by atoms with Crippen LogP contribution in [0.25, 0.3) is 11.1 Å². The van der Waals surface area contributed by atoms with E-state index in [0.717, 1.165) is 25.2 Å². The minimum absolute atomic E-state index is 0.595. The Bertz CT molecular complexity index is 632. The third-order valence-electron chi connectivity index (χ3n) is 5.53. The number of rotatable bonds is 14. The molecule has 1 heterocycles. The van der Waals surface area contributed by atoms with Crippen LogP contribution in [0, 0.1) is 5.92 Å². The molecule has 0 aliphatic heterocycles. The lowest BCUT2D eigenvalue weighted by atomic mass is 10.0. The van der Waals surface area contributed by atoms with Gasteiger partial charge in [0.2, 0.25) is 0 Å². The van der Waals surface area contributed by atoms with Gasteiger partial charge in [-0.1, -0.05) is 90.3 Å². The van der Waals surface area contributed by atoms with E-state index in [9.17, 15) is 0 Å². The third-order valence-corrected chi connectivity index (χ3v) is 5.53. The molecule has 0 spiro atoms. The number of aryl methyl sites for hydroxylation is 1. The average molecular weight is 382 g/mol. The molecule has 0 saturated heterocycles. The molecule has 0 N–H and O–H groups in total. The van der Waals surface area contributed by atoms with Crippen LogP contribution < -0.4 is 4.74 Å². The van der Waals surface area contributed by atoms with Crippen molar-refractivity contribution >= 4 is 0 Å². The molecule has 0 aliphatic rings. The average Bonchev–Trinajstić information content (AvgIpc) is 2.74. The summed E-state index contributed by atoms with van der Waals surface area (Å²) in [5.74, 6) is 1.54. The smallest absolute Gasteiger partial charge is 0.119 e. The summed E-state index contributed by atoms with van der Waals surface area (Å²) in [6, 6.07) is 12.8. The Labute approximate surface area is 172 Å². The van der Waals surface area contributed by atoms with Crippen LogP contribution in [0.4, 0.5) is 0 Å². The molecule has 2 heteroatoms. The molecule has 0 saturated carbocycles. The van der Waals surface area contributed by atoms with Crippen molar-refractivity contribution in [3.8, 4) is 16.9 Å². The summed E-state index contributed by atoms with van der Waals surface area (Å²) in [6.07, 6.45) is 15.1. The van der Waals surface area contributed by atoms with E-state index in [4.69, 9.17) is 4.74 Å². The van der Waals surface area contributed by atoms with E-state index >= 15 is 0 Å². The molecule has 0 bridgehead atoms. The largest absolute Gasteiger partial charge is 0.493 e. The number of hydrogen-bond acceptors (Lipinski definition) is 2. The Morgan fingerprint density at radius 1 is 0.786 bits per heavy atom. The Morgan fingerprint density at radius 3 is 2.04 bits per heavy atom. The molecular weight excluding hydrogens is 342 g/mol. The van der Waals surface area contributed by atoms with Gasteiger partial charge in [0.1, 0.15) is 5.75 Å². The van der Waals surface area contributed by atoms with Crippen LogP contribution in [0.2, 0.25) is 0 Å². The van der Waals surface area contributed by atoms with Crippen molar-refractivity contribution in [2.75, 3.05) is 6.61 Å². The quantitative estimate of drug-likeness (QED) is 0.311. The van der Waals surface area contributed by atoms with E-state index in [2.05, 4.69) is 62.2 Å². The number of nitrogens with zero attached hydrogens (tertiary/aromatic N) is 1.